The van der Waals surface area contributed by atoms with E-state index >= 15 is 0 Å². The molecule has 0 amide bonds. The Morgan fingerprint density at radius 1 is 1.28 bits per heavy atom. The minimum absolute atomic E-state index is 0.128. The van der Waals surface area contributed by atoms with Crippen molar-refractivity contribution in [2.24, 2.45) is 11.8 Å². The molecule has 3 rings (SSSR count). The Morgan fingerprint density at radius 2 is 2.11 bits per heavy atom. The number of hydrogen-bond donors (Lipinski definition) is 1. The second-order valence-electron chi connectivity index (χ2n) is 6.17. The van der Waals surface area contributed by atoms with Gasteiger partial charge < -0.3 is 9.52 Å². The third-order valence-corrected chi connectivity index (χ3v) is 4.95. The average molecular weight is 249 g/mol. The molecule has 0 saturated carbocycles. The Morgan fingerprint density at radius 3 is 2.83 bits per heavy atom. The van der Waals surface area contributed by atoms with Crippen LogP contribution in [0.5, 0.6) is 0 Å². The van der Waals surface area contributed by atoms with E-state index in [1.807, 2.05) is 6.26 Å². The highest BCUT2D eigenvalue weighted by atomic mass is 16.3. The molecule has 0 spiro atoms. The van der Waals surface area contributed by atoms with E-state index in [1.165, 1.54) is 18.4 Å². The fraction of sp³-hybridized carbons (Fsp3) is 0.733. The van der Waals surface area contributed by atoms with Crippen LogP contribution in [0.15, 0.2) is 23.0 Å². The number of piperidine rings is 2. The lowest BCUT2D eigenvalue weighted by molar-refractivity contribution is -0.0605. The monoisotopic (exact) mass is 249 g/mol. The minimum Gasteiger partial charge on any atom is -0.472 e. The topological polar surface area (TPSA) is 36.6 Å². The average Bonchev–Trinajstić information content (AvgIpc) is 2.86. The van der Waals surface area contributed by atoms with Crippen LogP contribution in [-0.4, -0.2) is 28.7 Å². The van der Waals surface area contributed by atoms with Crippen LogP contribution in [0.25, 0.3) is 0 Å². The number of furan rings is 1. The first-order valence-electron chi connectivity index (χ1n) is 7.12. The number of hydrogen-bond acceptors (Lipinski definition) is 3. The third-order valence-electron chi connectivity index (χ3n) is 4.95. The van der Waals surface area contributed by atoms with Gasteiger partial charge in [-0.3, -0.25) is 4.90 Å². The normalized spacial score (nSPS) is 41.6. The van der Waals surface area contributed by atoms with Crippen molar-refractivity contribution in [1.29, 1.82) is 0 Å². The first-order valence-corrected chi connectivity index (χ1v) is 7.12. The molecular formula is C15H23NO2. The molecule has 0 radical (unpaired) electrons. The third kappa shape index (κ3) is 1.99. The van der Waals surface area contributed by atoms with Crippen molar-refractivity contribution in [3.8, 4) is 0 Å². The molecule has 3 heterocycles. The molecule has 0 aromatic carbocycles. The quantitative estimate of drug-likeness (QED) is 0.831. The van der Waals surface area contributed by atoms with Gasteiger partial charge in [0.25, 0.3) is 0 Å². The van der Waals surface area contributed by atoms with Crippen molar-refractivity contribution in [1.82, 2.24) is 4.90 Å². The fourth-order valence-corrected chi connectivity index (χ4v) is 3.72. The first-order chi connectivity index (χ1) is 8.66. The summed E-state index contributed by atoms with van der Waals surface area (Å²) in [6.45, 7) is 5.49. The predicted octanol–water partition coefficient (Wildman–Crippen LogP) is 2.82. The van der Waals surface area contributed by atoms with Gasteiger partial charge in [-0.1, -0.05) is 13.8 Å². The van der Waals surface area contributed by atoms with Crippen LogP contribution in [0.1, 0.15) is 44.7 Å². The van der Waals surface area contributed by atoms with Crippen LogP contribution < -0.4 is 0 Å². The van der Waals surface area contributed by atoms with Gasteiger partial charge in [0.2, 0.25) is 0 Å². The minimum atomic E-state index is -0.128. The molecule has 1 N–H and O–H groups in total. The molecule has 0 aliphatic carbocycles. The zero-order valence-electron chi connectivity index (χ0n) is 11.2. The molecule has 5 atom stereocenters. The summed E-state index contributed by atoms with van der Waals surface area (Å²) in [5.41, 5.74) is 1.30. The van der Waals surface area contributed by atoms with Gasteiger partial charge in [-0.2, -0.15) is 0 Å². The van der Waals surface area contributed by atoms with E-state index in [-0.39, 0.29) is 6.10 Å². The largest absolute Gasteiger partial charge is 0.472 e. The van der Waals surface area contributed by atoms with Crippen LogP contribution in [-0.2, 0) is 0 Å². The molecule has 1 aromatic heterocycles. The Labute approximate surface area is 109 Å². The smallest absolute Gasteiger partial charge is 0.0950 e. The van der Waals surface area contributed by atoms with E-state index in [1.54, 1.807) is 6.26 Å². The summed E-state index contributed by atoms with van der Waals surface area (Å²) < 4.78 is 5.25. The van der Waals surface area contributed by atoms with Crippen molar-refractivity contribution in [3.63, 3.8) is 0 Å². The molecule has 3 heteroatoms. The standard InChI is InChI=1S/C15H23NO2/c1-10-3-4-13(12-5-6-18-9-12)16-8-11(2)15(17)7-14(10)16/h5-6,9-11,13-15,17H,3-4,7-8H2,1-2H3/t10-,11-,13+,14+,15+/m1/s1. The molecule has 0 bridgehead atoms. The van der Waals surface area contributed by atoms with E-state index in [4.69, 9.17) is 4.42 Å². The van der Waals surface area contributed by atoms with Crippen LogP contribution in [0.3, 0.4) is 0 Å². The SMILES string of the molecule is C[C@@H]1CN2[C@H](c3ccoc3)CC[C@@H](C)[C@@H]2C[C@@H]1O. The Hall–Kier alpha value is -0.800. The van der Waals surface area contributed by atoms with Crippen molar-refractivity contribution >= 4 is 0 Å². The highest BCUT2D eigenvalue weighted by molar-refractivity contribution is 5.14. The van der Waals surface area contributed by atoms with Gasteiger partial charge in [-0.25, -0.2) is 0 Å². The summed E-state index contributed by atoms with van der Waals surface area (Å²) in [6, 6.07) is 3.11. The number of aliphatic hydroxyl groups is 1. The van der Waals surface area contributed by atoms with Gasteiger partial charge in [0, 0.05) is 24.2 Å². The van der Waals surface area contributed by atoms with Gasteiger partial charge in [-0.15, -0.1) is 0 Å². The molecule has 2 fully saturated rings. The molecule has 0 unspecified atom stereocenters. The number of aliphatic hydroxyl groups excluding tert-OH is 1. The maximum atomic E-state index is 10.1. The van der Waals surface area contributed by atoms with Crippen molar-refractivity contribution in [2.75, 3.05) is 6.54 Å². The van der Waals surface area contributed by atoms with Gasteiger partial charge >= 0.3 is 0 Å². The first kappa shape index (κ1) is 12.2. The second-order valence-corrected chi connectivity index (χ2v) is 6.17. The summed E-state index contributed by atoms with van der Waals surface area (Å²) in [5, 5.41) is 10.1. The maximum absolute atomic E-state index is 10.1. The van der Waals surface area contributed by atoms with Gasteiger partial charge in [0.1, 0.15) is 0 Å². The van der Waals surface area contributed by atoms with Crippen molar-refractivity contribution in [2.45, 2.75) is 51.3 Å². The Balaban J connectivity index is 1.85. The molecule has 18 heavy (non-hydrogen) atoms. The molecule has 2 aliphatic rings. The van der Waals surface area contributed by atoms with Gasteiger partial charge in [0.15, 0.2) is 0 Å². The molecule has 100 valence electrons. The molecule has 3 nitrogen and oxygen atoms in total. The van der Waals surface area contributed by atoms with E-state index in [2.05, 4.69) is 24.8 Å². The Kier molecular flexibility index (Phi) is 3.20. The lowest BCUT2D eigenvalue weighted by Gasteiger charge is -2.51. The highest BCUT2D eigenvalue weighted by Gasteiger charge is 2.42. The summed E-state index contributed by atoms with van der Waals surface area (Å²) in [4.78, 5) is 2.61. The maximum Gasteiger partial charge on any atom is 0.0950 e. The summed E-state index contributed by atoms with van der Waals surface area (Å²) >= 11 is 0. The summed E-state index contributed by atoms with van der Waals surface area (Å²) in [7, 11) is 0. The molecular weight excluding hydrogens is 226 g/mol. The van der Waals surface area contributed by atoms with E-state index in [0.717, 1.165) is 13.0 Å². The molecule has 2 saturated heterocycles. The summed E-state index contributed by atoms with van der Waals surface area (Å²) in [6.07, 6.45) is 6.91. The predicted molar refractivity (Wildman–Crippen MR) is 70.1 cm³/mol. The van der Waals surface area contributed by atoms with Crippen molar-refractivity contribution in [3.05, 3.63) is 24.2 Å². The van der Waals surface area contributed by atoms with E-state index in [9.17, 15) is 5.11 Å². The van der Waals surface area contributed by atoms with Crippen LogP contribution in [0, 0.1) is 11.8 Å². The highest BCUT2D eigenvalue weighted by Crippen LogP contribution is 2.42. The molecule has 2 aliphatic heterocycles. The van der Waals surface area contributed by atoms with Crippen LogP contribution in [0.2, 0.25) is 0 Å². The van der Waals surface area contributed by atoms with Gasteiger partial charge in [-0.05, 0) is 37.2 Å². The summed E-state index contributed by atoms with van der Waals surface area (Å²) in [5.74, 6) is 1.07. The second kappa shape index (κ2) is 4.71. The van der Waals surface area contributed by atoms with Crippen LogP contribution in [0.4, 0.5) is 0 Å². The number of nitrogens with zero attached hydrogens (tertiary/aromatic N) is 1. The fourth-order valence-electron chi connectivity index (χ4n) is 3.72. The van der Waals surface area contributed by atoms with Crippen LogP contribution >= 0.6 is 0 Å². The Bertz CT molecular complexity index is 389. The zero-order valence-corrected chi connectivity index (χ0v) is 11.2. The molecule has 1 aromatic rings. The zero-order chi connectivity index (χ0) is 12.7. The number of rotatable bonds is 1. The van der Waals surface area contributed by atoms with Gasteiger partial charge in [0.05, 0.1) is 18.6 Å². The number of fused-ring (bicyclic) bond motifs is 1. The lowest BCUT2D eigenvalue weighted by atomic mass is 9.77. The lowest BCUT2D eigenvalue weighted by Crippen LogP contribution is -2.54. The van der Waals surface area contributed by atoms with E-state index < -0.39 is 0 Å². The van der Waals surface area contributed by atoms with Crippen molar-refractivity contribution < 1.29 is 9.52 Å². The van der Waals surface area contributed by atoms with E-state index in [0.29, 0.717) is 23.9 Å².